The summed E-state index contributed by atoms with van der Waals surface area (Å²) < 4.78 is 26.8. The quantitative estimate of drug-likeness (QED) is 0.739. The maximum atomic E-state index is 12.2. The number of sulfonamides is 1. The molecule has 2 heterocycles. The van der Waals surface area contributed by atoms with Crippen molar-refractivity contribution in [3.63, 3.8) is 0 Å². The molecule has 20 heavy (non-hydrogen) atoms. The van der Waals surface area contributed by atoms with Crippen molar-refractivity contribution in [2.45, 2.75) is 30.0 Å². The predicted octanol–water partition coefficient (Wildman–Crippen LogP) is 0.312. The lowest BCUT2D eigenvalue weighted by Crippen LogP contribution is -2.47. The lowest BCUT2D eigenvalue weighted by Gasteiger charge is -2.22. The summed E-state index contributed by atoms with van der Waals surface area (Å²) in [5.41, 5.74) is 0.417. The molecule has 1 aromatic rings. The van der Waals surface area contributed by atoms with E-state index < -0.39 is 16.0 Å². The van der Waals surface area contributed by atoms with Gasteiger partial charge in [0.25, 0.3) is 0 Å². The van der Waals surface area contributed by atoms with E-state index in [1.165, 1.54) is 6.07 Å². The molecule has 1 atom stereocenters. The summed E-state index contributed by atoms with van der Waals surface area (Å²) in [4.78, 5) is 22.0. The maximum Gasteiger partial charge on any atom is 0.346 e. The number of carbonyl (C=O) groups excluding carboxylic acids is 1. The van der Waals surface area contributed by atoms with E-state index in [-0.39, 0.29) is 34.0 Å². The van der Waals surface area contributed by atoms with E-state index in [2.05, 4.69) is 10.0 Å². The van der Waals surface area contributed by atoms with Gasteiger partial charge in [0.1, 0.15) is 9.09 Å². The minimum atomic E-state index is -3.76. The first-order chi connectivity index (χ1) is 9.29. The van der Waals surface area contributed by atoms with Crippen molar-refractivity contribution < 1.29 is 23.1 Å². The average Bonchev–Trinajstić information content (AvgIpc) is 2.75. The molecule has 9 heteroatoms. The van der Waals surface area contributed by atoms with E-state index in [0.717, 1.165) is 11.3 Å². The molecule has 1 aliphatic heterocycles. The molecule has 0 aliphatic carbocycles. The number of rotatable bonds is 4. The minimum absolute atomic E-state index is 0.0160. The molecular weight excluding hydrogens is 304 g/mol. The summed E-state index contributed by atoms with van der Waals surface area (Å²) in [5, 5.41) is 11.5. The van der Waals surface area contributed by atoms with Crippen LogP contribution in [-0.4, -0.2) is 38.0 Å². The zero-order valence-corrected chi connectivity index (χ0v) is 12.3. The number of thiophene rings is 1. The molecular formula is C11H14N2O5S2. The second-order valence-corrected chi connectivity index (χ2v) is 7.54. The molecule has 1 unspecified atom stereocenters. The lowest BCUT2D eigenvalue weighted by atomic mass is 10.1. The van der Waals surface area contributed by atoms with Crippen LogP contribution in [0.15, 0.2) is 10.3 Å². The number of aromatic carboxylic acids is 1. The van der Waals surface area contributed by atoms with Crippen molar-refractivity contribution in [3.8, 4) is 0 Å². The molecule has 0 aromatic carbocycles. The monoisotopic (exact) mass is 318 g/mol. The SMILES string of the molecule is Cc1cc(S(=O)(=O)NC2CCC(=O)NC2)sc1C(=O)O. The van der Waals surface area contributed by atoms with Crippen LogP contribution in [0, 0.1) is 6.92 Å². The minimum Gasteiger partial charge on any atom is -0.477 e. The molecule has 1 amide bonds. The van der Waals surface area contributed by atoms with Gasteiger partial charge in [0.2, 0.25) is 15.9 Å². The van der Waals surface area contributed by atoms with Gasteiger partial charge in [-0.15, -0.1) is 11.3 Å². The predicted molar refractivity (Wildman–Crippen MR) is 72.4 cm³/mol. The Labute approximate surface area is 120 Å². The fourth-order valence-corrected chi connectivity index (χ4v) is 4.57. The first-order valence-electron chi connectivity index (χ1n) is 5.92. The van der Waals surface area contributed by atoms with Gasteiger partial charge in [-0.05, 0) is 25.0 Å². The Morgan fingerprint density at radius 2 is 2.25 bits per heavy atom. The molecule has 1 fully saturated rings. The van der Waals surface area contributed by atoms with Gasteiger partial charge >= 0.3 is 5.97 Å². The van der Waals surface area contributed by atoms with Gasteiger partial charge in [-0.2, -0.15) is 0 Å². The number of nitrogens with one attached hydrogen (secondary N) is 2. The van der Waals surface area contributed by atoms with Crippen LogP contribution in [0.4, 0.5) is 0 Å². The summed E-state index contributed by atoms with van der Waals surface area (Å²) >= 11 is 0.726. The number of amides is 1. The Morgan fingerprint density at radius 1 is 1.55 bits per heavy atom. The van der Waals surface area contributed by atoms with Crippen LogP contribution in [0.25, 0.3) is 0 Å². The third-order valence-corrected chi connectivity index (χ3v) is 6.16. The molecule has 1 saturated heterocycles. The fourth-order valence-electron chi connectivity index (χ4n) is 1.91. The Kier molecular flexibility index (Phi) is 4.11. The average molecular weight is 318 g/mol. The van der Waals surface area contributed by atoms with Crippen LogP contribution in [-0.2, 0) is 14.8 Å². The summed E-state index contributed by atoms with van der Waals surface area (Å²) in [6.45, 7) is 1.80. The van der Waals surface area contributed by atoms with Gasteiger partial charge in [-0.1, -0.05) is 0 Å². The second-order valence-electron chi connectivity index (χ2n) is 4.54. The molecule has 0 bridgehead atoms. The Bertz CT molecular complexity index is 640. The number of piperidine rings is 1. The van der Waals surface area contributed by atoms with Crippen molar-refractivity contribution in [1.82, 2.24) is 10.0 Å². The van der Waals surface area contributed by atoms with Crippen LogP contribution >= 0.6 is 11.3 Å². The van der Waals surface area contributed by atoms with Gasteiger partial charge in [0, 0.05) is 19.0 Å². The standard InChI is InChI=1S/C11H14N2O5S2/c1-6-4-9(19-10(6)11(15)16)20(17,18)13-7-2-3-8(14)12-5-7/h4,7,13H,2-3,5H2,1H3,(H,12,14)(H,15,16). The fraction of sp³-hybridized carbons (Fsp3) is 0.455. The first kappa shape index (κ1) is 14.9. The molecule has 0 radical (unpaired) electrons. The number of hydrogen-bond donors (Lipinski definition) is 3. The normalized spacial score (nSPS) is 19.6. The maximum absolute atomic E-state index is 12.2. The van der Waals surface area contributed by atoms with Crippen LogP contribution in [0.2, 0.25) is 0 Å². The summed E-state index contributed by atoms with van der Waals surface area (Å²) in [6.07, 6.45) is 0.707. The molecule has 1 aromatic heterocycles. The number of aryl methyl sites for hydroxylation is 1. The summed E-state index contributed by atoms with van der Waals surface area (Å²) in [6, 6.07) is 0.978. The Hall–Kier alpha value is -1.45. The number of carboxylic acid groups (broad SMARTS) is 1. The number of carboxylic acids is 1. The van der Waals surface area contributed by atoms with Gasteiger partial charge in [-0.25, -0.2) is 17.9 Å². The first-order valence-corrected chi connectivity index (χ1v) is 8.22. The van der Waals surface area contributed by atoms with Gasteiger partial charge < -0.3 is 10.4 Å². The Balaban J connectivity index is 2.16. The molecule has 1 aliphatic rings. The van der Waals surface area contributed by atoms with E-state index in [1.54, 1.807) is 6.92 Å². The second kappa shape index (κ2) is 5.51. The lowest BCUT2D eigenvalue weighted by molar-refractivity contribution is -0.122. The third-order valence-electron chi connectivity index (χ3n) is 2.94. The van der Waals surface area contributed by atoms with E-state index in [1.807, 2.05) is 0 Å². The third kappa shape index (κ3) is 3.17. The molecule has 3 N–H and O–H groups in total. The van der Waals surface area contributed by atoms with E-state index in [4.69, 9.17) is 5.11 Å². The van der Waals surface area contributed by atoms with Gasteiger partial charge in [0.05, 0.1) is 0 Å². The molecule has 2 rings (SSSR count). The van der Waals surface area contributed by atoms with Crippen LogP contribution < -0.4 is 10.0 Å². The van der Waals surface area contributed by atoms with Crippen molar-refractivity contribution in [2.24, 2.45) is 0 Å². The van der Waals surface area contributed by atoms with E-state index >= 15 is 0 Å². The molecule has 7 nitrogen and oxygen atoms in total. The smallest absolute Gasteiger partial charge is 0.346 e. The highest BCUT2D eigenvalue weighted by molar-refractivity contribution is 7.91. The van der Waals surface area contributed by atoms with Crippen molar-refractivity contribution in [3.05, 3.63) is 16.5 Å². The highest BCUT2D eigenvalue weighted by Gasteiger charge is 2.26. The van der Waals surface area contributed by atoms with Crippen molar-refractivity contribution >= 4 is 33.2 Å². The summed E-state index contributed by atoms with van der Waals surface area (Å²) in [5.74, 6) is -1.24. The van der Waals surface area contributed by atoms with Crippen molar-refractivity contribution in [1.29, 1.82) is 0 Å². The Morgan fingerprint density at radius 3 is 2.75 bits per heavy atom. The molecule has 0 spiro atoms. The number of hydrogen-bond acceptors (Lipinski definition) is 5. The zero-order valence-electron chi connectivity index (χ0n) is 10.7. The largest absolute Gasteiger partial charge is 0.477 e. The summed E-state index contributed by atoms with van der Waals surface area (Å²) in [7, 11) is -3.76. The highest BCUT2D eigenvalue weighted by Crippen LogP contribution is 2.26. The van der Waals surface area contributed by atoms with Crippen LogP contribution in [0.3, 0.4) is 0 Å². The molecule has 110 valence electrons. The molecule has 0 saturated carbocycles. The van der Waals surface area contributed by atoms with Crippen molar-refractivity contribution in [2.75, 3.05) is 6.54 Å². The highest BCUT2D eigenvalue weighted by atomic mass is 32.2. The zero-order chi connectivity index (χ0) is 14.9. The van der Waals surface area contributed by atoms with Gasteiger partial charge in [-0.3, -0.25) is 4.79 Å². The van der Waals surface area contributed by atoms with Crippen LogP contribution in [0.1, 0.15) is 28.1 Å². The van der Waals surface area contributed by atoms with E-state index in [9.17, 15) is 18.0 Å². The topological polar surface area (TPSA) is 113 Å². The number of carbonyl (C=O) groups is 2. The van der Waals surface area contributed by atoms with Crippen LogP contribution in [0.5, 0.6) is 0 Å². The van der Waals surface area contributed by atoms with Gasteiger partial charge in [0.15, 0.2) is 0 Å². The van der Waals surface area contributed by atoms with E-state index in [0.29, 0.717) is 12.0 Å².